The average Bonchev–Trinajstić information content (AvgIpc) is 2.38. The number of allylic oxidation sites excluding steroid dienone is 2. The molecule has 0 fully saturated rings. The van der Waals surface area contributed by atoms with Gasteiger partial charge in [-0.1, -0.05) is 63.3 Å². The Kier molecular flexibility index (Phi) is 4.29. The minimum absolute atomic E-state index is 0.0701. The smallest absolute Gasteiger partial charge is 0.196 e. The number of benzene rings is 1. The highest BCUT2D eigenvalue weighted by Gasteiger charge is 2.43. The van der Waals surface area contributed by atoms with Crippen molar-refractivity contribution in [2.75, 3.05) is 0 Å². The van der Waals surface area contributed by atoms with Crippen molar-refractivity contribution in [1.82, 2.24) is 0 Å². The van der Waals surface area contributed by atoms with Gasteiger partial charge < -0.3 is 9.53 Å². The van der Waals surface area contributed by atoms with Crippen molar-refractivity contribution in [3.05, 3.63) is 60.2 Å². The van der Waals surface area contributed by atoms with Crippen LogP contribution in [-0.2, 0) is 4.43 Å². The van der Waals surface area contributed by atoms with E-state index in [0.29, 0.717) is 0 Å². The highest BCUT2D eigenvalue weighted by molar-refractivity contribution is 6.74. The lowest BCUT2D eigenvalue weighted by atomic mass is 9.93. The van der Waals surface area contributed by atoms with E-state index in [1.54, 1.807) is 12.2 Å². The molecule has 0 bridgehead atoms. The molecular formula is C18H26O2Si. The summed E-state index contributed by atoms with van der Waals surface area (Å²) in [6, 6.07) is 10.3. The van der Waals surface area contributed by atoms with Crippen molar-refractivity contribution in [3.63, 3.8) is 0 Å². The van der Waals surface area contributed by atoms with Gasteiger partial charge in [-0.25, -0.2) is 0 Å². The summed E-state index contributed by atoms with van der Waals surface area (Å²) in [5.41, 5.74) is 1.22. The second-order valence-corrected chi connectivity index (χ2v) is 12.0. The summed E-state index contributed by atoms with van der Waals surface area (Å²) >= 11 is 0. The minimum atomic E-state index is -2.02. The third-order valence-electron chi connectivity index (χ3n) is 4.49. The monoisotopic (exact) mass is 302 g/mol. The average molecular weight is 302 g/mol. The number of aliphatic hydroxyl groups is 1. The van der Waals surface area contributed by atoms with Gasteiger partial charge in [-0.05, 0) is 35.8 Å². The second kappa shape index (κ2) is 5.56. The van der Waals surface area contributed by atoms with E-state index in [4.69, 9.17) is 4.43 Å². The van der Waals surface area contributed by atoms with Crippen molar-refractivity contribution in [2.24, 2.45) is 0 Å². The van der Waals surface area contributed by atoms with Gasteiger partial charge in [0.25, 0.3) is 0 Å². The van der Waals surface area contributed by atoms with Crippen LogP contribution in [0.5, 0.6) is 0 Å². The molecule has 0 spiro atoms. The van der Waals surface area contributed by atoms with Gasteiger partial charge in [0, 0.05) is 5.92 Å². The Morgan fingerprint density at radius 3 is 2.05 bits per heavy atom. The lowest BCUT2D eigenvalue weighted by Crippen LogP contribution is -2.48. The molecule has 1 aromatic rings. The van der Waals surface area contributed by atoms with E-state index >= 15 is 0 Å². The highest BCUT2D eigenvalue weighted by Crippen LogP contribution is 2.40. The Bertz CT molecular complexity index is 524. The molecule has 0 amide bonds. The van der Waals surface area contributed by atoms with Gasteiger partial charge in [-0.15, -0.1) is 0 Å². The molecule has 0 aromatic heterocycles. The van der Waals surface area contributed by atoms with Gasteiger partial charge in [0.15, 0.2) is 14.1 Å². The molecule has 0 atom stereocenters. The second-order valence-electron chi connectivity index (χ2n) is 7.27. The molecular weight excluding hydrogens is 276 g/mol. The first-order valence-electron chi connectivity index (χ1n) is 7.49. The number of rotatable bonds is 3. The van der Waals surface area contributed by atoms with E-state index in [9.17, 15) is 5.11 Å². The van der Waals surface area contributed by atoms with Crippen LogP contribution in [0.1, 0.15) is 32.3 Å². The normalized spacial score (nSPS) is 26.1. The molecule has 114 valence electrons. The van der Waals surface area contributed by atoms with Gasteiger partial charge in [0.05, 0.1) is 0 Å². The van der Waals surface area contributed by atoms with E-state index in [1.165, 1.54) is 5.56 Å². The Hall–Kier alpha value is -1.16. The van der Waals surface area contributed by atoms with Gasteiger partial charge in [-0.3, -0.25) is 0 Å². The molecule has 0 saturated heterocycles. The lowest BCUT2D eigenvalue weighted by Gasteiger charge is -2.41. The molecule has 2 nitrogen and oxygen atoms in total. The number of hydrogen-bond acceptors (Lipinski definition) is 2. The summed E-state index contributed by atoms with van der Waals surface area (Å²) in [6.45, 7) is 10.8. The largest absolute Gasteiger partial charge is 0.384 e. The fourth-order valence-corrected chi connectivity index (χ4v) is 3.39. The Morgan fingerprint density at radius 2 is 1.57 bits per heavy atom. The maximum atomic E-state index is 10.7. The summed E-state index contributed by atoms with van der Waals surface area (Å²) in [4.78, 5) is 0. The van der Waals surface area contributed by atoms with E-state index in [-0.39, 0.29) is 11.0 Å². The molecule has 0 aliphatic heterocycles. The molecule has 1 aliphatic rings. The first kappa shape index (κ1) is 16.2. The molecule has 21 heavy (non-hydrogen) atoms. The van der Waals surface area contributed by atoms with Gasteiger partial charge in [-0.2, -0.15) is 0 Å². The van der Waals surface area contributed by atoms with E-state index < -0.39 is 14.1 Å². The molecule has 0 radical (unpaired) electrons. The van der Waals surface area contributed by atoms with Crippen LogP contribution in [0.15, 0.2) is 54.6 Å². The van der Waals surface area contributed by atoms with E-state index in [2.05, 4.69) is 46.0 Å². The fourth-order valence-electron chi connectivity index (χ4n) is 2.13. The van der Waals surface area contributed by atoms with Crippen LogP contribution in [-0.4, -0.2) is 19.2 Å². The Balaban J connectivity index is 2.13. The predicted octanol–water partition coefficient (Wildman–Crippen LogP) is 4.61. The first-order chi connectivity index (χ1) is 9.63. The molecule has 0 saturated carbocycles. The quantitative estimate of drug-likeness (QED) is 0.502. The molecule has 1 N–H and O–H groups in total. The van der Waals surface area contributed by atoms with Crippen LogP contribution in [0, 0.1) is 0 Å². The van der Waals surface area contributed by atoms with Crippen LogP contribution >= 0.6 is 0 Å². The van der Waals surface area contributed by atoms with Crippen LogP contribution in [0.3, 0.4) is 0 Å². The fraction of sp³-hybridized carbons (Fsp3) is 0.444. The highest BCUT2D eigenvalue weighted by atomic mass is 28.4. The zero-order chi connectivity index (χ0) is 15.7. The van der Waals surface area contributed by atoms with Crippen LogP contribution in [0.4, 0.5) is 0 Å². The molecule has 2 rings (SSSR count). The van der Waals surface area contributed by atoms with Crippen LogP contribution in [0.25, 0.3) is 0 Å². The van der Waals surface area contributed by atoms with Crippen molar-refractivity contribution in [1.29, 1.82) is 0 Å². The summed E-state index contributed by atoms with van der Waals surface area (Å²) in [7, 11) is -2.02. The van der Waals surface area contributed by atoms with E-state index in [1.807, 2.05) is 30.4 Å². The lowest BCUT2D eigenvalue weighted by molar-refractivity contribution is -0.0631. The van der Waals surface area contributed by atoms with Gasteiger partial charge in [0.1, 0.15) is 0 Å². The Morgan fingerprint density at radius 1 is 1.05 bits per heavy atom. The molecule has 0 heterocycles. The maximum absolute atomic E-state index is 10.7. The first-order valence-corrected chi connectivity index (χ1v) is 10.4. The third-order valence-corrected chi connectivity index (χ3v) is 8.94. The molecule has 1 aliphatic carbocycles. The molecule has 0 unspecified atom stereocenters. The molecule has 3 heteroatoms. The topological polar surface area (TPSA) is 29.5 Å². The van der Waals surface area contributed by atoms with Gasteiger partial charge in [0.2, 0.25) is 0 Å². The maximum Gasteiger partial charge on any atom is 0.196 e. The zero-order valence-corrected chi connectivity index (χ0v) is 14.6. The standard InChI is InChI=1S/C18H26O2Si/c1-17(2,3)21(4,5)20-18(19)13-11-16(12-14-18)15-9-7-6-8-10-15/h6-14,16,19H,1-5H3. The van der Waals surface area contributed by atoms with Crippen LogP contribution < -0.4 is 0 Å². The third kappa shape index (κ3) is 3.73. The van der Waals surface area contributed by atoms with Crippen LogP contribution in [0.2, 0.25) is 18.1 Å². The summed E-state index contributed by atoms with van der Waals surface area (Å²) in [5.74, 6) is -1.07. The van der Waals surface area contributed by atoms with E-state index in [0.717, 1.165) is 0 Å². The van der Waals surface area contributed by atoms with Crippen molar-refractivity contribution < 1.29 is 9.53 Å². The summed E-state index contributed by atoms with van der Waals surface area (Å²) < 4.78 is 6.14. The number of hydrogen-bond donors (Lipinski definition) is 1. The van der Waals surface area contributed by atoms with Crippen molar-refractivity contribution in [2.45, 2.75) is 50.6 Å². The predicted molar refractivity (Wildman–Crippen MR) is 90.7 cm³/mol. The van der Waals surface area contributed by atoms with Gasteiger partial charge >= 0.3 is 0 Å². The van der Waals surface area contributed by atoms with Crippen molar-refractivity contribution in [3.8, 4) is 0 Å². The minimum Gasteiger partial charge on any atom is -0.384 e. The summed E-state index contributed by atoms with van der Waals surface area (Å²) in [6.07, 6.45) is 7.60. The Labute approximate surface area is 129 Å². The van der Waals surface area contributed by atoms with Crippen molar-refractivity contribution >= 4 is 8.32 Å². The molecule has 1 aromatic carbocycles. The summed E-state index contributed by atoms with van der Waals surface area (Å²) in [5, 5.41) is 10.7. The zero-order valence-electron chi connectivity index (χ0n) is 13.6. The SMILES string of the molecule is CC(C)(C)[Si](C)(C)OC1(O)C=CC(c2ccccc2)C=C1.